The Morgan fingerprint density at radius 1 is 1.05 bits per heavy atom. The van der Waals surface area contributed by atoms with Crippen LogP contribution in [-0.4, -0.2) is 99.2 Å². The molecule has 2 bridgehead atoms. The molecule has 0 aliphatic carbocycles. The maximum atomic E-state index is 13.7. The lowest BCUT2D eigenvalue weighted by Gasteiger charge is -2.39. The van der Waals surface area contributed by atoms with Gasteiger partial charge in [-0.15, -0.1) is 0 Å². The van der Waals surface area contributed by atoms with E-state index in [9.17, 15) is 34.8 Å². The van der Waals surface area contributed by atoms with E-state index >= 15 is 0 Å². The Hall–Kier alpha value is -2.65. The Morgan fingerprint density at radius 3 is 2.36 bits per heavy atom. The fourth-order valence-corrected chi connectivity index (χ4v) is 8.30. The van der Waals surface area contributed by atoms with Crippen molar-refractivity contribution >= 4 is 17.8 Å². The number of aliphatic hydroxyl groups excluding tert-OH is 3. The fraction of sp³-hybridized carbons (Fsp3) is 0.786. The predicted octanol–water partition coefficient (Wildman–Crippen LogP) is 5.41. The van der Waals surface area contributed by atoms with Gasteiger partial charge >= 0.3 is 12.1 Å². The van der Waals surface area contributed by atoms with E-state index in [-0.39, 0.29) is 30.5 Å². The fourth-order valence-electron chi connectivity index (χ4n) is 8.30. The molecule has 1 amide bonds. The van der Waals surface area contributed by atoms with Gasteiger partial charge in [-0.05, 0) is 75.9 Å². The number of cyclic esters (lactones) is 1. The normalized spacial score (nSPS) is 38.0. The highest BCUT2D eigenvalue weighted by atomic mass is 16.7. The largest absolute Gasteiger partial charge is 0.462 e. The molecule has 13 heteroatoms. The average molecular weight is 780 g/mol. The highest BCUT2D eigenvalue weighted by Crippen LogP contribution is 2.36. The number of hydrogen-bond acceptors (Lipinski definition) is 12. The number of carbonyl (C=O) groups excluding carboxylic acids is 3. The first kappa shape index (κ1) is 46.7. The molecular weight excluding hydrogens is 710 g/mol. The molecule has 3 rings (SSSR count). The van der Waals surface area contributed by atoms with E-state index in [1.165, 1.54) is 0 Å². The van der Waals surface area contributed by atoms with Crippen LogP contribution in [0.3, 0.4) is 0 Å². The van der Waals surface area contributed by atoms with Crippen molar-refractivity contribution in [1.29, 1.82) is 0 Å². The minimum absolute atomic E-state index is 0.00168. The minimum Gasteiger partial charge on any atom is -0.462 e. The number of fused-ring (bicyclic) bond motifs is 2. The van der Waals surface area contributed by atoms with E-state index in [1.807, 2.05) is 72.8 Å². The van der Waals surface area contributed by atoms with Crippen LogP contribution in [0.4, 0.5) is 4.79 Å². The van der Waals surface area contributed by atoms with Crippen molar-refractivity contribution in [2.24, 2.45) is 35.3 Å². The number of ether oxygens (including phenoxy) is 5. The third-order valence-electron chi connectivity index (χ3n) is 11.7. The Kier molecular flexibility index (Phi) is 18.0. The summed E-state index contributed by atoms with van der Waals surface area (Å²) < 4.78 is 29.8. The lowest BCUT2D eigenvalue weighted by molar-refractivity contribution is -0.254. The Balaban J connectivity index is 1.95. The van der Waals surface area contributed by atoms with E-state index in [2.05, 4.69) is 0 Å². The average Bonchev–Trinajstić information content (AvgIpc) is 3.12. The summed E-state index contributed by atoms with van der Waals surface area (Å²) in [6.45, 7) is 16.6. The van der Waals surface area contributed by atoms with Crippen molar-refractivity contribution in [3.63, 3.8) is 0 Å². The van der Waals surface area contributed by atoms with Gasteiger partial charge in [0, 0.05) is 37.0 Å². The third-order valence-corrected chi connectivity index (χ3v) is 11.7. The van der Waals surface area contributed by atoms with Crippen LogP contribution in [0.1, 0.15) is 120 Å². The molecule has 6 N–H and O–H groups in total. The second kappa shape index (κ2) is 21.2. The van der Waals surface area contributed by atoms with Crippen molar-refractivity contribution in [1.82, 2.24) is 0 Å². The van der Waals surface area contributed by atoms with Crippen LogP contribution >= 0.6 is 0 Å². The summed E-state index contributed by atoms with van der Waals surface area (Å²) in [6, 6.07) is 0. The van der Waals surface area contributed by atoms with E-state index < -0.39 is 97.1 Å². The van der Waals surface area contributed by atoms with Crippen molar-refractivity contribution < 1.29 is 58.5 Å². The molecule has 1 fully saturated rings. The molecule has 0 spiro atoms. The predicted molar refractivity (Wildman–Crippen MR) is 206 cm³/mol. The maximum absolute atomic E-state index is 13.7. The summed E-state index contributed by atoms with van der Waals surface area (Å²) >= 11 is 0. The molecule has 0 aromatic rings. The second-order valence-corrected chi connectivity index (χ2v) is 16.4. The van der Waals surface area contributed by atoms with Gasteiger partial charge in [0.05, 0.1) is 30.8 Å². The molecule has 0 aromatic heterocycles. The number of nitrogens with two attached hydrogens (primary N) is 1. The molecule has 0 aromatic carbocycles. The van der Waals surface area contributed by atoms with Crippen molar-refractivity contribution in [2.75, 3.05) is 0 Å². The first-order valence-corrected chi connectivity index (χ1v) is 20.3. The van der Waals surface area contributed by atoms with Gasteiger partial charge < -0.3 is 49.8 Å². The molecule has 1 unspecified atom stereocenters. The van der Waals surface area contributed by atoms with E-state index in [0.717, 1.165) is 11.1 Å². The topological polar surface area (TPSA) is 204 Å². The molecular formula is C42H69NO12. The number of ketones is 1. The van der Waals surface area contributed by atoms with Crippen LogP contribution in [0.2, 0.25) is 0 Å². The van der Waals surface area contributed by atoms with Gasteiger partial charge in [-0.25, -0.2) is 4.79 Å². The van der Waals surface area contributed by atoms with Gasteiger partial charge in [0.25, 0.3) is 0 Å². The number of esters is 1. The highest BCUT2D eigenvalue weighted by Gasteiger charge is 2.42. The number of allylic oxidation sites excluding steroid dienone is 1. The second-order valence-electron chi connectivity index (χ2n) is 16.4. The highest BCUT2D eigenvalue weighted by molar-refractivity contribution is 5.81. The molecule has 15 atom stereocenters. The van der Waals surface area contributed by atoms with Crippen molar-refractivity contribution in [3.8, 4) is 0 Å². The smallest absolute Gasteiger partial charge is 0.404 e. The Labute approximate surface area is 327 Å². The number of hydrogen-bond donors (Lipinski definition) is 5. The van der Waals surface area contributed by atoms with Gasteiger partial charge in [0.15, 0.2) is 12.1 Å². The number of amides is 1. The zero-order valence-electron chi connectivity index (χ0n) is 34.4. The summed E-state index contributed by atoms with van der Waals surface area (Å²) in [6.07, 6.45) is 2.42. The molecule has 3 aliphatic rings. The summed E-state index contributed by atoms with van der Waals surface area (Å²) in [4.78, 5) is 37.8. The first-order chi connectivity index (χ1) is 25.8. The zero-order chi connectivity index (χ0) is 41.2. The lowest BCUT2D eigenvalue weighted by atomic mass is 9.77. The van der Waals surface area contributed by atoms with Crippen LogP contribution in [0.5, 0.6) is 0 Å². The van der Waals surface area contributed by atoms with Crippen molar-refractivity contribution in [3.05, 3.63) is 35.5 Å². The monoisotopic (exact) mass is 779 g/mol. The summed E-state index contributed by atoms with van der Waals surface area (Å²) in [7, 11) is 0. The van der Waals surface area contributed by atoms with E-state index in [1.54, 1.807) is 13.8 Å². The number of primary amides is 1. The molecule has 55 heavy (non-hydrogen) atoms. The van der Waals surface area contributed by atoms with Crippen molar-refractivity contribution in [2.45, 2.75) is 181 Å². The number of carbonyl (C=O) groups is 3. The Morgan fingerprint density at radius 2 is 1.73 bits per heavy atom. The van der Waals surface area contributed by atoms with Crippen LogP contribution in [0, 0.1) is 29.6 Å². The lowest BCUT2D eigenvalue weighted by Crippen LogP contribution is -2.50. The van der Waals surface area contributed by atoms with Crippen LogP contribution in [0.15, 0.2) is 35.5 Å². The van der Waals surface area contributed by atoms with Gasteiger partial charge in [0.1, 0.15) is 30.2 Å². The molecule has 0 radical (unpaired) electrons. The molecule has 1 saturated heterocycles. The van der Waals surface area contributed by atoms with E-state index in [4.69, 9.17) is 29.4 Å². The number of Topliss-reactive ketones (excluding diaryl/α,β-unsaturated/α-hetero) is 1. The van der Waals surface area contributed by atoms with Gasteiger partial charge in [0.2, 0.25) is 0 Å². The SMILES string of the molecule is CCC(=O)[C@@H](CC)[C@@H](O)[C@H](C)C[C@@H](C)[C@H]1OC(=O)C[C@]2(O)CC=C(C)[C@H](O2)/C(C)=C\CCC[C@@H](O[C@H]2C[C@@H](OC(N)=O)[C@H](O)[C@@H](C)O2)/C=C\[C@@H](C)C(O)[C@H]1C. The van der Waals surface area contributed by atoms with Gasteiger partial charge in [-0.2, -0.15) is 0 Å². The third kappa shape index (κ3) is 13.2. The van der Waals surface area contributed by atoms with E-state index in [0.29, 0.717) is 38.5 Å². The summed E-state index contributed by atoms with van der Waals surface area (Å²) in [5, 5.41) is 45.1. The Bertz CT molecular complexity index is 1370. The molecule has 314 valence electrons. The maximum Gasteiger partial charge on any atom is 0.404 e. The zero-order valence-corrected chi connectivity index (χ0v) is 34.4. The molecule has 3 heterocycles. The quantitative estimate of drug-likeness (QED) is 0.132. The standard InChI is InChI=1S/C42H69NO12/c1-10-31(32(44)11-2)37(47)26(6)20-27(7)40-28(8)36(46)23(3)16-17-30(52-35-21-33(53-41(43)49)38(48)29(9)51-35)15-13-12-14-24(4)39-25(5)18-19-42(50,55-39)22-34(45)54-40/h14,16-18,23,26-31,33,35-40,46-48,50H,10-13,15,19-22H2,1-9H3,(H2,43,49)/b17-16-,24-14-/t23-,26-,27-,28-,29-,30-,31-,33-,35+,36?,37+,38-,39-,40-,42+/m1/s1. The summed E-state index contributed by atoms with van der Waals surface area (Å²) in [5.74, 6) is -4.64. The van der Waals surface area contributed by atoms with Crippen LogP contribution < -0.4 is 5.73 Å². The van der Waals surface area contributed by atoms with Crippen LogP contribution in [-0.2, 0) is 33.3 Å². The van der Waals surface area contributed by atoms with Gasteiger partial charge in [-0.1, -0.05) is 65.8 Å². The minimum atomic E-state index is -1.80. The molecule has 3 aliphatic heterocycles. The summed E-state index contributed by atoms with van der Waals surface area (Å²) in [5.41, 5.74) is 7.06. The molecule has 13 nitrogen and oxygen atoms in total. The molecule has 0 saturated carbocycles. The van der Waals surface area contributed by atoms with Crippen LogP contribution in [0.25, 0.3) is 0 Å². The number of rotatable bonds is 11. The number of aliphatic hydroxyl groups is 4. The van der Waals surface area contributed by atoms with Gasteiger partial charge in [-0.3, -0.25) is 9.59 Å². The first-order valence-electron chi connectivity index (χ1n) is 20.3.